The van der Waals surface area contributed by atoms with Gasteiger partial charge in [-0.3, -0.25) is 0 Å². The molecule has 1 heterocycles. The van der Waals surface area contributed by atoms with Gasteiger partial charge in [-0.2, -0.15) is 5.26 Å². The van der Waals surface area contributed by atoms with Crippen LogP contribution in [0.3, 0.4) is 0 Å². The Morgan fingerprint density at radius 3 is 2.29 bits per heavy atom. The van der Waals surface area contributed by atoms with Gasteiger partial charge in [0.05, 0.1) is 17.3 Å². The van der Waals surface area contributed by atoms with Gasteiger partial charge in [0.25, 0.3) is 0 Å². The molecule has 3 nitrogen and oxygen atoms in total. The molecule has 0 unspecified atom stereocenters. The van der Waals surface area contributed by atoms with Gasteiger partial charge in [-0.25, -0.2) is 0 Å². The summed E-state index contributed by atoms with van der Waals surface area (Å²) in [7, 11) is 2.01. The van der Waals surface area contributed by atoms with Gasteiger partial charge in [-0.1, -0.05) is 44.2 Å². The Kier molecular flexibility index (Phi) is 4.46. The highest BCUT2D eigenvalue weighted by atomic mass is 16.3. The number of furan rings is 1. The van der Waals surface area contributed by atoms with Crippen LogP contribution in [0.5, 0.6) is 0 Å². The van der Waals surface area contributed by atoms with Gasteiger partial charge >= 0.3 is 0 Å². The molecule has 1 aliphatic carbocycles. The molecule has 0 atom stereocenters. The predicted molar refractivity (Wildman–Crippen MR) is 128 cm³/mol. The molecule has 0 spiro atoms. The highest BCUT2D eigenvalue weighted by molar-refractivity contribution is 6.10. The fourth-order valence-electron chi connectivity index (χ4n) is 4.74. The number of nitrogens with zero attached hydrogens (tertiary/aromatic N) is 2. The van der Waals surface area contributed by atoms with Crippen molar-refractivity contribution in [3.63, 3.8) is 0 Å². The first kappa shape index (κ1) is 18.5. The average molecular weight is 410 g/mol. The second-order valence-corrected chi connectivity index (χ2v) is 9.42. The van der Waals surface area contributed by atoms with E-state index in [-0.39, 0.29) is 0 Å². The van der Waals surface area contributed by atoms with E-state index in [2.05, 4.69) is 61.2 Å². The highest BCUT2D eigenvalue weighted by Gasteiger charge is 2.29. The lowest BCUT2D eigenvalue weighted by atomic mass is 9.71. The van der Waals surface area contributed by atoms with Crippen molar-refractivity contribution in [2.75, 3.05) is 11.9 Å². The molecule has 1 fully saturated rings. The van der Waals surface area contributed by atoms with E-state index >= 15 is 0 Å². The van der Waals surface area contributed by atoms with Crippen LogP contribution in [-0.4, -0.2) is 7.05 Å². The molecular weight excluding hydrogens is 380 g/mol. The van der Waals surface area contributed by atoms with E-state index in [1.165, 1.54) is 0 Å². The summed E-state index contributed by atoms with van der Waals surface area (Å²) >= 11 is 0. The Morgan fingerprint density at radius 1 is 0.968 bits per heavy atom. The van der Waals surface area contributed by atoms with Crippen LogP contribution in [0, 0.1) is 16.7 Å². The van der Waals surface area contributed by atoms with Crippen molar-refractivity contribution < 1.29 is 5.79 Å². The van der Waals surface area contributed by atoms with Gasteiger partial charge < -0.3 is 9.32 Å². The van der Waals surface area contributed by atoms with E-state index in [4.69, 9.17) is 9.68 Å². The number of anilines is 2. The van der Waals surface area contributed by atoms with Crippen molar-refractivity contribution in [2.24, 2.45) is 5.41 Å². The molecule has 0 aliphatic heterocycles. The lowest BCUT2D eigenvalue weighted by molar-refractivity contribution is 0.224. The molecule has 0 amide bonds. The number of hydrogen-bond acceptors (Lipinski definition) is 3. The minimum Gasteiger partial charge on any atom is -0.454 e. The molecule has 31 heavy (non-hydrogen) atoms. The summed E-state index contributed by atoms with van der Waals surface area (Å²) in [5.41, 5.74) is 5.60. The summed E-state index contributed by atoms with van der Waals surface area (Å²) in [5.74, 6) is -0.609. The van der Waals surface area contributed by atoms with E-state index in [1.807, 2.05) is 31.3 Å². The van der Waals surface area contributed by atoms with E-state index in [0.29, 0.717) is 11.0 Å². The zero-order chi connectivity index (χ0) is 22.5. The van der Waals surface area contributed by atoms with Crippen LogP contribution in [0.15, 0.2) is 65.1 Å². The molecule has 4 aromatic rings. The van der Waals surface area contributed by atoms with Crippen LogP contribution in [-0.2, 0) is 0 Å². The van der Waals surface area contributed by atoms with Crippen molar-refractivity contribution in [1.82, 2.24) is 0 Å². The molecule has 3 heteroatoms. The largest absolute Gasteiger partial charge is 0.454 e. The molecule has 1 saturated carbocycles. The average Bonchev–Trinajstić information content (AvgIpc) is 3.20. The number of nitriles is 1. The van der Waals surface area contributed by atoms with Crippen LogP contribution < -0.4 is 4.90 Å². The molecule has 1 aromatic heterocycles. The van der Waals surface area contributed by atoms with Crippen LogP contribution in [0.1, 0.15) is 57.9 Å². The van der Waals surface area contributed by atoms with Crippen molar-refractivity contribution in [1.29, 1.82) is 5.26 Å². The summed E-state index contributed by atoms with van der Waals surface area (Å²) < 4.78 is 15.9. The van der Waals surface area contributed by atoms with Crippen molar-refractivity contribution in [2.45, 2.75) is 45.4 Å². The lowest BCUT2D eigenvalue weighted by Gasteiger charge is -2.34. The molecule has 0 N–H and O–H groups in total. The maximum atomic E-state index is 9.31. The predicted octanol–water partition coefficient (Wildman–Crippen LogP) is 7.91. The Bertz CT molecular complexity index is 1330. The third-order valence-electron chi connectivity index (χ3n) is 6.84. The van der Waals surface area contributed by atoms with Crippen LogP contribution >= 0.6 is 0 Å². The summed E-state index contributed by atoms with van der Waals surface area (Å²) in [4.78, 5) is 2.09. The van der Waals surface area contributed by atoms with Gasteiger partial charge in [-0.15, -0.1) is 0 Å². The number of benzene rings is 3. The third-order valence-corrected chi connectivity index (χ3v) is 6.84. The summed E-state index contributed by atoms with van der Waals surface area (Å²) in [6.07, 6.45) is 3.82. The zero-order valence-electron chi connectivity index (χ0n) is 19.4. The van der Waals surface area contributed by atoms with Crippen molar-refractivity contribution in [3.05, 3.63) is 71.8 Å². The standard InChI is InChI=1S/C28H28N2O/c1-28(2)16-14-20(15-17-28)22-6-4-7-23-24-8-5-9-25(27(24)31-26(22)23)30(3)21-12-10-19(18-29)11-13-21/h4-13,20H,14-17H2,1-3H3/i20D. The van der Waals surface area contributed by atoms with Crippen molar-refractivity contribution in [3.8, 4) is 6.07 Å². The number of fused-ring (bicyclic) bond motifs is 3. The highest BCUT2D eigenvalue weighted by Crippen LogP contribution is 2.46. The maximum absolute atomic E-state index is 9.31. The first-order chi connectivity index (χ1) is 15.3. The SMILES string of the molecule is [2H]C1(c2cccc3c2oc2c(N(C)c4ccc(C#N)cc4)cccc23)CCC(C)(C)CC1. The molecule has 156 valence electrons. The minimum atomic E-state index is -0.609. The first-order valence-electron chi connectivity index (χ1n) is 11.5. The second kappa shape index (κ2) is 7.46. The zero-order valence-corrected chi connectivity index (χ0v) is 18.4. The van der Waals surface area contributed by atoms with Crippen LogP contribution in [0.2, 0.25) is 0 Å². The Balaban J connectivity index is 1.63. The molecule has 0 bridgehead atoms. The second-order valence-electron chi connectivity index (χ2n) is 9.42. The number of hydrogen-bond donors (Lipinski definition) is 0. The number of rotatable bonds is 3. The molecule has 1 aliphatic rings. The lowest BCUT2D eigenvalue weighted by Crippen LogP contribution is -2.20. The molecule has 5 rings (SSSR count). The fourth-order valence-corrected chi connectivity index (χ4v) is 4.74. The molecule has 3 aromatic carbocycles. The molecular formula is C28H28N2O. The summed E-state index contributed by atoms with van der Waals surface area (Å²) in [5, 5.41) is 11.2. The third kappa shape index (κ3) is 3.47. The molecule has 0 radical (unpaired) electrons. The normalized spacial score (nSPS) is 17.9. The Hall–Kier alpha value is -3.25. The first-order valence-corrected chi connectivity index (χ1v) is 11.0. The minimum absolute atomic E-state index is 0.309. The van der Waals surface area contributed by atoms with E-state index < -0.39 is 5.89 Å². The van der Waals surface area contributed by atoms with Crippen molar-refractivity contribution >= 4 is 33.3 Å². The number of para-hydroxylation sites is 2. The summed E-state index contributed by atoms with van der Waals surface area (Å²) in [6, 6.07) is 22.2. The Morgan fingerprint density at radius 2 is 1.61 bits per heavy atom. The van der Waals surface area contributed by atoms with Gasteiger partial charge in [0.1, 0.15) is 5.58 Å². The molecule has 0 saturated heterocycles. The van der Waals surface area contributed by atoms with Crippen LogP contribution in [0.25, 0.3) is 21.9 Å². The van der Waals surface area contributed by atoms with Gasteiger partial charge in [-0.05, 0) is 72.9 Å². The van der Waals surface area contributed by atoms with E-state index in [1.54, 1.807) is 0 Å². The maximum Gasteiger partial charge on any atom is 0.159 e. The summed E-state index contributed by atoms with van der Waals surface area (Å²) in [6.45, 7) is 4.61. The van der Waals surface area contributed by atoms with Gasteiger partial charge in [0, 0.05) is 24.9 Å². The Labute approximate surface area is 185 Å². The van der Waals surface area contributed by atoms with E-state index in [0.717, 1.165) is 64.6 Å². The fraction of sp³-hybridized carbons (Fsp3) is 0.321. The smallest absolute Gasteiger partial charge is 0.159 e. The van der Waals surface area contributed by atoms with Crippen LogP contribution in [0.4, 0.5) is 11.4 Å². The topological polar surface area (TPSA) is 40.2 Å². The van der Waals surface area contributed by atoms with E-state index in [9.17, 15) is 1.37 Å². The monoisotopic (exact) mass is 409 g/mol. The van der Waals surface area contributed by atoms with Gasteiger partial charge in [0.15, 0.2) is 5.58 Å². The quantitative estimate of drug-likeness (QED) is 0.345. The van der Waals surface area contributed by atoms with Gasteiger partial charge in [0.2, 0.25) is 0 Å².